The van der Waals surface area contributed by atoms with Crippen molar-refractivity contribution in [3.05, 3.63) is 71.0 Å². The number of aryl methyl sites for hydroxylation is 2. The van der Waals surface area contributed by atoms with Gasteiger partial charge in [-0.15, -0.1) is 0 Å². The molecule has 1 saturated heterocycles. The van der Waals surface area contributed by atoms with Crippen LogP contribution in [0.4, 0.5) is 0 Å². The average molecular weight is 335 g/mol. The molecule has 1 atom stereocenters. The summed E-state index contributed by atoms with van der Waals surface area (Å²) in [5.74, 6) is 0.778. The predicted octanol–water partition coefficient (Wildman–Crippen LogP) is 3.78. The number of carbonyl (C=O) groups is 1. The second-order valence-corrected chi connectivity index (χ2v) is 6.93. The molecule has 1 N–H and O–H groups in total. The third-order valence-electron chi connectivity index (χ3n) is 5.07. The maximum atomic E-state index is 12.9. The normalized spacial score (nSPS) is 20.4. The smallest absolute Gasteiger partial charge is 0.253 e. The van der Waals surface area contributed by atoms with Crippen LogP contribution in [0.1, 0.15) is 33.7 Å². The van der Waals surface area contributed by atoms with Crippen LogP contribution >= 0.6 is 0 Å². The van der Waals surface area contributed by atoms with Crippen LogP contribution in [0, 0.1) is 13.8 Å². The highest BCUT2D eigenvalue weighted by Crippen LogP contribution is 2.34. The van der Waals surface area contributed by atoms with E-state index in [4.69, 9.17) is 4.42 Å². The molecule has 1 amide bonds. The van der Waals surface area contributed by atoms with Crippen molar-refractivity contribution < 1.29 is 14.3 Å². The summed E-state index contributed by atoms with van der Waals surface area (Å²) in [6.07, 6.45) is 0.552. The minimum Gasteiger partial charge on any atom is -0.461 e. The topological polar surface area (TPSA) is 53.7 Å². The highest BCUT2D eigenvalue weighted by Gasteiger charge is 2.40. The molecule has 2 aromatic carbocycles. The van der Waals surface area contributed by atoms with Crippen LogP contribution in [0.5, 0.6) is 0 Å². The van der Waals surface area contributed by atoms with Crippen molar-refractivity contribution in [2.75, 3.05) is 13.1 Å². The molecule has 3 aromatic rings. The van der Waals surface area contributed by atoms with Gasteiger partial charge in [0, 0.05) is 17.5 Å². The number of β-amino-alcohol motifs (C(OH)–C–C–N with tert-alkyl or cyclic N) is 1. The number of aliphatic hydroxyl groups is 1. The number of amides is 1. The van der Waals surface area contributed by atoms with E-state index in [1.807, 2.05) is 56.3 Å². The van der Waals surface area contributed by atoms with Crippen LogP contribution in [-0.4, -0.2) is 29.0 Å². The number of hydrogen-bond donors (Lipinski definition) is 1. The van der Waals surface area contributed by atoms with Gasteiger partial charge in [-0.05, 0) is 55.7 Å². The molecule has 0 radical (unpaired) electrons. The van der Waals surface area contributed by atoms with Crippen LogP contribution in [0.2, 0.25) is 0 Å². The van der Waals surface area contributed by atoms with Gasteiger partial charge in [0.25, 0.3) is 5.91 Å². The maximum absolute atomic E-state index is 12.9. The fourth-order valence-corrected chi connectivity index (χ4v) is 3.77. The number of furan rings is 1. The van der Waals surface area contributed by atoms with E-state index < -0.39 is 5.60 Å². The lowest BCUT2D eigenvalue weighted by Crippen LogP contribution is -2.34. The van der Waals surface area contributed by atoms with Crippen molar-refractivity contribution in [1.82, 2.24) is 4.90 Å². The molecule has 1 fully saturated rings. The van der Waals surface area contributed by atoms with E-state index >= 15 is 0 Å². The zero-order valence-corrected chi connectivity index (χ0v) is 14.5. The first kappa shape index (κ1) is 15.9. The van der Waals surface area contributed by atoms with Crippen LogP contribution in [0.25, 0.3) is 11.0 Å². The maximum Gasteiger partial charge on any atom is 0.253 e. The SMILES string of the molecule is Cc1cc2cc(C(=O)N3CC[C@@](O)(c4ccccc4C)C3)ccc2o1. The number of carbonyl (C=O) groups excluding carboxylic acids is 1. The Morgan fingerprint density at radius 1 is 1.16 bits per heavy atom. The molecule has 0 saturated carbocycles. The zero-order valence-electron chi connectivity index (χ0n) is 14.5. The van der Waals surface area contributed by atoms with Crippen molar-refractivity contribution in [2.45, 2.75) is 25.9 Å². The summed E-state index contributed by atoms with van der Waals surface area (Å²) in [5.41, 5.74) is 2.40. The van der Waals surface area contributed by atoms with Gasteiger partial charge < -0.3 is 14.4 Å². The molecule has 0 bridgehead atoms. The van der Waals surface area contributed by atoms with E-state index in [9.17, 15) is 9.90 Å². The van der Waals surface area contributed by atoms with E-state index in [2.05, 4.69) is 0 Å². The van der Waals surface area contributed by atoms with E-state index in [0.29, 0.717) is 25.1 Å². The van der Waals surface area contributed by atoms with E-state index in [1.165, 1.54) is 0 Å². The van der Waals surface area contributed by atoms with Gasteiger partial charge in [0.05, 0.1) is 6.54 Å². The molecule has 0 unspecified atom stereocenters. The minimum absolute atomic E-state index is 0.0507. The monoisotopic (exact) mass is 335 g/mol. The van der Waals surface area contributed by atoms with Gasteiger partial charge in [0.2, 0.25) is 0 Å². The molecular formula is C21H21NO3. The van der Waals surface area contributed by atoms with Gasteiger partial charge >= 0.3 is 0 Å². The number of likely N-dealkylation sites (tertiary alicyclic amines) is 1. The molecular weight excluding hydrogens is 314 g/mol. The first-order valence-corrected chi connectivity index (χ1v) is 8.54. The number of nitrogens with zero attached hydrogens (tertiary/aromatic N) is 1. The van der Waals surface area contributed by atoms with Gasteiger partial charge in [-0.3, -0.25) is 4.79 Å². The molecule has 4 rings (SSSR count). The molecule has 0 aliphatic carbocycles. The highest BCUT2D eigenvalue weighted by molar-refractivity contribution is 5.98. The van der Waals surface area contributed by atoms with Gasteiger partial charge in [0.1, 0.15) is 16.9 Å². The first-order valence-electron chi connectivity index (χ1n) is 8.54. The number of benzene rings is 2. The number of rotatable bonds is 2. The Kier molecular flexibility index (Phi) is 3.65. The van der Waals surface area contributed by atoms with Crippen LogP contribution in [-0.2, 0) is 5.60 Å². The second-order valence-electron chi connectivity index (χ2n) is 6.93. The summed E-state index contributed by atoms with van der Waals surface area (Å²) in [7, 11) is 0. The van der Waals surface area contributed by atoms with Gasteiger partial charge in [-0.25, -0.2) is 0 Å². The Hall–Kier alpha value is -2.59. The molecule has 2 heterocycles. The van der Waals surface area contributed by atoms with Crippen LogP contribution in [0.3, 0.4) is 0 Å². The van der Waals surface area contributed by atoms with Crippen molar-refractivity contribution >= 4 is 16.9 Å². The number of hydrogen-bond acceptors (Lipinski definition) is 3. The average Bonchev–Trinajstić information content (AvgIpc) is 3.16. The Balaban J connectivity index is 1.60. The quantitative estimate of drug-likeness (QED) is 0.775. The molecule has 1 aromatic heterocycles. The molecule has 0 spiro atoms. The lowest BCUT2D eigenvalue weighted by atomic mass is 9.89. The summed E-state index contributed by atoms with van der Waals surface area (Å²) >= 11 is 0. The fourth-order valence-electron chi connectivity index (χ4n) is 3.77. The molecule has 1 aliphatic heterocycles. The van der Waals surface area contributed by atoms with E-state index in [-0.39, 0.29) is 5.91 Å². The van der Waals surface area contributed by atoms with Crippen molar-refractivity contribution in [1.29, 1.82) is 0 Å². The Labute approximate surface area is 146 Å². The lowest BCUT2D eigenvalue weighted by molar-refractivity contribution is 0.0412. The summed E-state index contributed by atoms with van der Waals surface area (Å²) < 4.78 is 5.57. The number of fused-ring (bicyclic) bond motifs is 1. The third kappa shape index (κ3) is 2.72. The largest absolute Gasteiger partial charge is 0.461 e. The predicted molar refractivity (Wildman–Crippen MR) is 96.5 cm³/mol. The van der Waals surface area contributed by atoms with Crippen LogP contribution < -0.4 is 0 Å². The van der Waals surface area contributed by atoms with Crippen LogP contribution in [0.15, 0.2) is 52.9 Å². The molecule has 25 heavy (non-hydrogen) atoms. The first-order chi connectivity index (χ1) is 12.0. The highest BCUT2D eigenvalue weighted by atomic mass is 16.3. The van der Waals surface area contributed by atoms with E-state index in [0.717, 1.165) is 27.9 Å². The van der Waals surface area contributed by atoms with E-state index in [1.54, 1.807) is 11.0 Å². The third-order valence-corrected chi connectivity index (χ3v) is 5.07. The fraction of sp³-hybridized carbons (Fsp3) is 0.286. The summed E-state index contributed by atoms with van der Waals surface area (Å²) in [4.78, 5) is 14.6. The molecule has 128 valence electrons. The minimum atomic E-state index is -0.975. The molecule has 4 nitrogen and oxygen atoms in total. The Morgan fingerprint density at radius 3 is 2.76 bits per heavy atom. The standard InChI is InChI=1S/C21H21NO3/c1-14-5-3-4-6-18(14)21(24)9-10-22(13-21)20(23)16-7-8-19-17(12-16)11-15(2)25-19/h3-8,11-12,24H,9-10,13H2,1-2H3/t21-/m0/s1. The summed E-state index contributed by atoms with van der Waals surface area (Å²) in [6, 6.07) is 15.2. The molecule has 4 heteroatoms. The lowest BCUT2D eigenvalue weighted by Gasteiger charge is -2.25. The second kappa shape index (κ2) is 5.74. The van der Waals surface area contributed by atoms with Crippen molar-refractivity contribution in [3.63, 3.8) is 0 Å². The van der Waals surface area contributed by atoms with Crippen molar-refractivity contribution in [2.24, 2.45) is 0 Å². The Morgan fingerprint density at radius 2 is 1.96 bits per heavy atom. The van der Waals surface area contributed by atoms with Gasteiger partial charge in [-0.2, -0.15) is 0 Å². The molecule has 1 aliphatic rings. The summed E-state index contributed by atoms with van der Waals surface area (Å²) in [6.45, 7) is 4.75. The Bertz CT molecular complexity index is 959. The van der Waals surface area contributed by atoms with Gasteiger partial charge in [-0.1, -0.05) is 24.3 Å². The summed E-state index contributed by atoms with van der Waals surface area (Å²) in [5, 5.41) is 12.0. The van der Waals surface area contributed by atoms with Gasteiger partial charge in [0.15, 0.2) is 0 Å². The van der Waals surface area contributed by atoms with Crippen molar-refractivity contribution in [3.8, 4) is 0 Å². The zero-order chi connectivity index (χ0) is 17.6.